The fourth-order valence-electron chi connectivity index (χ4n) is 2.11. The first-order valence-corrected chi connectivity index (χ1v) is 5.61. The number of hydrogen-bond donors (Lipinski definition) is 1. The fraction of sp³-hybridized carbons (Fsp3) is 0.538. The van der Waals surface area contributed by atoms with Gasteiger partial charge in [0.25, 0.3) is 0 Å². The minimum absolute atomic E-state index is 0.618. The van der Waals surface area contributed by atoms with E-state index in [1.165, 1.54) is 0 Å². The van der Waals surface area contributed by atoms with Crippen molar-refractivity contribution in [2.45, 2.75) is 25.4 Å². The molecule has 0 aliphatic carbocycles. The van der Waals surface area contributed by atoms with E-state index in [0.29, 0.717) is 26.1 Å². The minimum atomic E-state index is -0.751. The highest BCUT2D eigenvalue weighted by Crippen LogP contribution is 2.34. The largest absolute Gasteiger partial charge is 0.496 e. The van der Waals surface area contributed by atoms with E-state index in [2.05, 4.69) is 0 Å². The molecule has 3 heteroatoms. The zero-order chi connectivity index (χ0) is 11.6. The van der Waals surface area contributed by atoms with E-state index in [9.17, 15) is 5.11 Å². The summed E-state index contributed by atoms with van der Waals surface area (Å²) in [6.45, 7) is 3.23. The zero-order valence-electron chi connectivity index (χ0n) is 9.82. The Bertz CT molecular complexity index is 367. The highest BCUT2D eigenvalue weighted by Gasteiger charge is 2.32. The summed E-state index contributed by atoms with van der Waals surface area (Å²) in [6, 6.07) is 5.89. The Labute approximate surface area is 96.0 Å². The van der Waals surface area contributed by atoms with Crippen LogP contribution in [0.15, 0.2) is 18.2 Å². The van der Waals surface area contributed by atoms with Gasteiger partial charge in [-0.1, -0.05) is 12.1 Å². The second-order valence-corrected chi connectivity index (χ2v) is 4.33. The Morgan fingerprint density at radius 2 is 2.00 bits per heavy atom. The molecule has 0 aromatic heterocycles. The molecule has 16 heavy (non-hydrogen) atoms. The van der Waals surface area contributed by atoms with Crippen molar-refractivity contribution >= 4 is 0 Å². The molecule has 1 heterocycles. The van der Waals surface area contributed by atoms with E-state index in [0.717, 1.165) is 16.9 Å². The lowest BCUT2D eigenvalue weighted by Gasteiger charge is -2.32. The molecule has 1 saturated heterocycles. The Morgan fingerprint density at radius 3 is 2.62 bits per heavy atom. The molecule has 0 radical (unpaired) electrons. The standard InChI is InChI=1S/C13H18O3/c1-10-3-4-11(9-12(10)15-2)13(14)5-7-16-8-6-13/h3-4,9,14H,5-8H2,1-2H3. The molecule has 1 aliphatic rings. The Kier molecular flexibility index (Phi) is 3.17. The molecule has 1 aliphatic heterocycles. The molecular weight excluding hydrogens is 204 g/mol. The quantitative estimate of drug-likeness (QED) is 0.831. The first-order chi connectivity index (χ1) is 7.65. The molecule has 3 nitrogen and oxygen atoms in total. The molecule has 2 rings (SSSR count). The van der Waals surface area contributed by atoms with Crippen LogP contribution >= 0.6 is 0 Å². The van der Waals surface area contributed by atoms with Gasteiger partial charge in [-0.3, -0.25) is 0 Å². The number of aliphatic hydroxyl groups is 1. The molecule has 1 aromatic rings. The van der Waals surface area contributed by atoms with Gasteiger partial charge < -0.3 is 14.6 Å². The fourth-order valence-corrected chi connectivity index (χ4v) is 2.11. The van der Waals surface area contributed by atoms with Gasteiger partial charge in [0.2, 0.25) is 0 Å². The van der Waals surface area contributed by atoms with Gasteiger partial charge in [-0.15, -0.1) is 0 Å². The van der Waals surface area contributed by atoms with E-state index in [-0.39, 0.29) is 0 Å². The van der Waals surface area contributed by atoms with Gasteiger partial charge in [0.1, 0.15) is 5.75 Å². The lowest BCUT2D eigenvalue weighted by Crippen LogP contribution is -2.33. The first kappa shape index (κ1) is 11.4. The number of aryl methyl sites for hydroxylation is 1. The summed E-state index contributed by atoms with van der Waals surface area (Å²) < 4.78 is 10.6. The van der Waals surface area contributed by atoms with Gasteiger partial charge in [-0.2, -0.15) is 0 Å². The van der Waals surface area contributed by atoms with Crippen LogP contribution in [0.25, 0.3) is 0 Å². The lowest BCUT2D eigenvalue weighted by molar-refractivity contribution is -0.0680. The van der Waals surface area contributed by atoms with E-state index in [1.54, 1.807) is 7.11 Å². The first-order valence-electron chi connectivity index (χ1n) is 5.61. The average molecular weight is 222 g/mol. The Balaban J connectivity index is 2.32. The van der Waals surface area contributed by atoms with Crippen molar-refractivity contribution in [3.8, 4) is 5.75 Å². The minimum Gasteiger partial charge on any atom is -0.496 e. The number of methoxy groups -OCH3 is 1. The van der Waals surface area contributed by atoms with Crippen LogP contribution in [-0.4, -0.2) is 25.4 Å². The molecule has 1 N–H and O–H groups in total. The SMILES string of the molecule is COc1cc(C2(O)CCOCC2)ccc1C. The van der Waals surface area contributed by atoms with Crippen molar-refractivity contribution in [1.82, 2.24) is 0 Å². The van der Waals surface area contributed by atoms with Crippen LogP contribution in [-0.2, 0) is 10.3 Å². The number of ether oxygens (including phenoxy) is 2. The van der Waals surface area contributed by atoms with Crippen LogP contribution in [0.5, 0.6) is 5.75 Å². The van der Waals surface area contributed by atoms with Crippen LogP contribution in [0.1, 0.15) is 24.0 Å². The van der Waals surface area contributed by atoms with Gasteiger partial charge in [0, 0.05) is 26.1 Å². The van der Waals surface area contributed by atoms with Gasteiger partial charge >= 0.3 is 0 Å². The maximum absolute atomic E-state index is 10.5. The van der Waals surface area contributed by atoms with E-state index < -0.39 is 5.60 Å². The normalized spacial score (nSPS) is 19.4. The van der Waals surface area contributed by atoms with Crippen LogP contribution < -0.4 is 4.74 Å². The second-order valence-electron chi connectivity index (χ2n) is 4.33. The molecule has 1 fully saturated rings. The number of rotatable bonds is 2. The Hall–Kier alpha value is -1.06. The maximum Gasteiger partial charge on any atom is 0.122 e. The van der Waals surface area contributed by atoms with Crippen molar-refractivity contribution < 1.29 is 14.6 Å². The second kappa shape index (κ2) is 4.44. The molecule has 1 aromatic carbocycles. The highest BCUT2D eigenvalue weighted by molar-refractivity contribution is 5.39. The zero-order valence-corrected chi connectivity index (χ0v) is 9.82. The van der Waals surface area contributed by atoms with Crippen molar-refractivity contribution in [3.05, 3.63) is 29.3 Å². The van der Waals surface area contributed by atoms with Crippen molar-refractivity contribution in [3.63, 3.8) is 0 Å². The Morgan fingerprint density at radius 1 is 1.31 bits per heavy atom. The van der Waals surface area contributed by atoms with Gasteiger partial charge in [-0.05, 0) is 24.1 Å². The summed E-state index contributed by atoms with van der Waals surface area (Å²) in [4.78, 5) is 0. The number of benzene rings is 1. The third kappa shape index (κ3) is 2.06. The molecule has 0 saturated carbocycles. The average Bonchev–Trinajstić information content (AvgIpc) is 2.30. The lowest BCUT2D eigenvalue weighted by atomic mass is 9.86. The molecule has 0 unspecified atom stereocenters. The van der Waals surface area contributed by atoms with Crippen LogP contribution in [0.2, 0.25) is 0 Å². The van der Waals surface area contributed by atoms with E-state index in [1.807, 2.05) is 25.1 Å². The number of hydrogen-bond acceptors (Lipinski definition) is 3. The van der Waals surface area contributed by atoms with Gasteiger partial charge in [0.05, 0.1) is 12.7 Å². The van der Waals surface area contributed by atoms with E-state index in [4.69, 9.17) is 9.47 Å². The molecule has 0 amide bonds. The highest BCUT2D eigenvalue weighted by atomic mass is 16.5. The van der Waals surface area contributed by atoms with Crippen LogP contribution in [0.3, 0.4) is 0 Å². The molecule has 0 spiro atoms. The summed E-state index contributed by atoms with van der Waals surface area (Å²) in [5, 5.41) is 10.5. The summed E-state index contributed by atoms with van der Waals surface area (Å²) in [5.74, 6) is 0.831. The van der Waals surface area contributed by atoms with Crippen molar-refractivity contribution in [2.75, 3.05) is 20.3 Å². The predicted molar refractivity (Wildman–Crippen MR) is 61.7 cm³/mol. The van der Waals surface area contributed by atoms with E-state index >= 15 is 0 Å². The summed E-state index contributed by atoms with van der Waals surface area (Å²) in [7, 11) is 1.65. The van der Waals surface area contributed by atoms with Gasteiger partial charge in [0.15, 0.2) is 0 Å². The third-order valence-electron chi connectivity index (χ3n) is 3.27. The smallest absolute Gasteiger partial charge is 0.122 e. The molecule has 0 atom stereocenters. The van der Waals surface area contributed by atoms with Crippen LogP contribution in [0, 0.1) is 6.92 Å². The predicted octanol–water partition coefficient (Wildman–Crippen LogP) is 2.00. The summed E-state index contributed by atoms with van der Waals surface area (Å²) >= 11 is 0. The topological polar surface area (TPSA) is 38.7 Å². The molecule has 0 bridgehead atoms. The summed E-state index contributed by atoms with van der Waals surface area (Å²) in [5.41, 5.74) is 1.26. The van der Waals surface area contributed by atoms with Crippen molar-refractivity contribution in [1.29, 1.82) is 0 Å². The maximum atomic E-state index is 10.5. The van der Waals surface area contributed by atoms with Crippen molar-refractivity contribution in [2.24, 2.45) is 0 Å². The monoisotopic (exact) mass is 222 g/mol. The van der Waals surface area contributed by atoms with Crippen LogP contribution in [0.4, 0.5) is 0 Å². The third-order valence-corrected chi connectivity index (χ3v) is 3.27. The molecule has 88 valence electrons. The van der Waals surface area contributed by atoms with Gasteiger partial charge in [-0.25, -0.2) is 0 Å². The molecular formula is C13H18O3. The summed E-state index contributed by atoms with van der Waals surface area (Å²) in [6.07, 6.45) is 1.30.